The lowest BCUT2D eigenvalue weighted by Gasteiger charge is -2.27. The molecule has 2 heterocycles. The third-order valence-electron chi connectivity index (χ3n) is 4.41. The number of terminal acetylenes is 1. The Morgan fingerprint density at radius 1 is 1.35 bits per heavy atom. The molecule has 2 atom stereocenters. The van der Waals surface area contributed by atoms with Crippen molar-refractivity contribution in [2.24, 2.45) is 5.92 Å². The minimum absolute atomic E-state index is 0.0985. The third kappa shape index (κ3) is 3.91. The number of imidazole rings is 1. The zero-order chi connectivity index (χ0) is 18.9. The van der Waals surface area contributed by atoms with Crippen LogP contribution in [-0.2, 0) is 4.74 Å². The van der Waals surface area contributed by atoms with Crippen LogP contribution in [0.3, 0.4) is 0 Å². The van der Waals surface area contributed by atoms with Crippen LogP contribution in [0.15, 0.2) is 30.5 Å². The van der Waals surface area contributed by atoms with Crippen LogP contribution >= 0.6 is 0 Å². The summed E-state index contributed by atoms with van der Waals surface area (Å²) in [4.78, 5) is 22.3. The highest BCUT2D eigenvalue weighted by Gasteiger charge is 2.38. The smallest absolute Gasteiger partial charge is 0.410 e. The summed E-state index contributed by atoms with van der Waals surface area (Å²) in [6.07, 6.45) is 7.78. The Hall–Kier alpha value is -2.74. The molecule has 0 bridgehead atoms. The number of nitrogens with zero attached hydrogens (tertiary/aromatic N) is 2. The molecule has 0 radical (unpaired) electrons. The minimum Gasteiger partial charge on any atom is -0.444 e. The number of aromatic nitrogens is 2. The second-order valence-corrected chi connectivity index (χ2v) is 7.89. The van der Waals surface area contributed by atoms with Gasteiger partial charge < -0.3 is 9.72 Å². The minimum atomic E-state index is -0.513. The normalized spacial score (nSPS) is 20.0. The van der Waals surface area contributed by atoms with Gasteiger partial charge in [-0.1, -0.05) is 25.0 Å². The SMILES string of the molecule is C#Cc1ccc(-c2cnc(C3CC(C)CN3C(=O)OC(C)(C)C)[nH]2)cc1. The van der Waals surface area contributed by atoms with E-state index < -0.39 is 5.60 Å². The first kappa shape index (κ1) is 18.1. The number of hydrogen-bond donors (Lipinski definition) is 1. The number of hydrogen-bond acceptors (Lipinski definition) is 3. The molecule has 5 nitrogen and oxygen atoms in total. The number of carbonyl (C=O) groups excluding carboxylic acids is 1. The fourth-order valence-electron chi connectivity index (χ4n) is 3.23. The summed E-state index contributed by atoms with van der Waals surface area (Å²) in [7, 11) is 0. The predicted octanol–water partition coefficient (Wildman–Crippen LogP) is 4.38. The van der Waals surface area contributed by atoms with Crippen LogP contribution in [0.2, 0.25) is 0 Å². The number of rotatable bonds is 2. The summed E-state index contributed by atoms with van der Waals surface area (Å²) in [5.41, 5.74) is 2.25. The molecule has 1 fully saturated rings. The Bertz CT molecular complexity index is 824. The predicted molar refractivity (Wildman–Crippen MR) is 101 cm³/mol. The van der Waals surface area contributed by atoms with E-state index in [4.69, 9.17) is 11.2 Å². The van der Waals surface area contributed by atoms with Gasteiger partial charge in [0, 0.05) is 12.1 Å². The van der Waals surface area contributed by atoms with Crippen molar-refractivity contribution in [1.29, 1.82) is 0 Å². The van der Waals surface area contributed by atoms with Gasteiger partial charge >= 0.3 is 6.09 Å². The molecule has 1 aromatic heterocycles. The van der Waals surface area contributed by atoms with Crippen molar-refractivity contribution in [2.75, 3.05) is 6.54 Å². The molecule has 1 aromatic carbocycles. The highest BCUT2D eigenvalue weighted by molar-refractivity contribution is 5.69. The van der Waals surface area contributed by atoms with Gasteiger partial charge in [0.05, 0.1) is 17.9 Å². The first-order chi connectivity index (χ1) is 12.3. The fourth-order valence-corrected chi connectivity index (χ4v) is 3.23. The Morgan fingerprint density at radius 2 is 2.04 bits per heavy atom. The largest absolute Gasteiger partial charge is 0.444 e. The van der Waals surface area contributed by atoms with Crippen molar-refractivity contribution in [3.05, 3.63) is 41.9 Å². The van der Waals surface area contributed by atoms with E-state index in [0.717, 1.165) is 29.1 Å². The van der Waals surface area contributed by atoms with Gasteiger partial charge in [0.15, 0.2) is 0 Å². The molecule has 1 saturated heterocycles. The summed E-state index contributed by atoms with van der Waals surface area (Å²) in [5.74, 6) is 3.80. The maximum Gasteiger partial charge on any atom is 0.410 e. The van der Waals surface area contributed by atoms with Crippen LogP contribution in [0.5, 0.6) is 0 Å². The fraction of sp³-hybridized carbons (Fsp3) is 0.429. The van der Waals surface area contributed by atoms with Crippen LogP contribution in [0.4, 0.5) is 4.79 Å². The second-order valence-electron chi connectivity index (χ2n) is 7.89. The Labute approximate surface area is 154 Å². The molecule has 2 unspecified atom stereocenters. The summed E-state index contributed by atoms with van der Waals surface area (Å²) in [6, 6.07) is 7.64. The number of nitrogens with one attached hydrogen (secondary N) is 1. The molecule has 0 spiro atoms. The molecule has 3 rings (SSSR count). The molecular formula is C21H25N3O2. The first-order valence-electron chi connectivity index (χ1n) is 8.88. The number of ether oxygens (including phenoxy) is 1. The third-order valence-corrected chi connectivity index (χ3v) is 4.41. The molecule has 0 saturated carbocycles. The van der Waals surface area contributed by atoms with E-state index in [0.29, 0.717) is 12.5 Å². The van der Waals surface area contributed by atoms with Gasteiger partial charge in [-0.25, -0.2) is 9.78 Å². The van der Waals surface area contributed by atoms with Gasteiger partial charge in [-0.2, -0.15) is 0 Å². The molecule has 1 amide bonds. The molecule has 26 heavy (non-hydrogen) atoms. The molecule has 1 aliphatic heterocycles. The van der Waals surface area contributed by atoms with Gasteiger partial charge in [0.2, 0.25) is 0 Å². The van der Waals surface area contributed by atoms with Gasteiger partial charge in [-0.05, 0) is 50.8 Å². The maximum atomic E-state index is 12.6. The van der Waals surface area contributed by atoms with E-state index >= 15 is 0 Å². The standard InChI is InChI=1S/C21H25N3O2/c1-6-15-7-9-16(10-8-15)17-12-22-19(23-17)18-11-14(2)13-24(18)20(25)26-21(3,4)5/h1,7-10,12,14,18H,11,13H2,2-5H3,(H,22,23). The van der Waals surface area contributed by atoms with Crippen molar-refractivity contribution < 1.29 is 9.53 Å². The van der Waals surface area contributed by atoms with Crippen LogP contribution in [-0.4, -0.2) is 33.1 Å². The first-order valence-corrected chi connectivity index (χ1v) is 8.88. The van der Waals surface area contributed by atoms with E-state index in [1.807, 2.05) is 45.0 Å². The average Bonchev–Trinajstić information content (AvgIpc) is 3.20. The molecule has 1 aliphatic rings. The summed E-state index contributed by atoms with van der Waals surface area (Å²) < 4.78 is 5.57. The van der Waals surface area contributed by atoms with Crippen LogP contribution in [0.25, 0.3) is 11.3 Å². The number of aromatic amines is 1. The topological polar surface area (TPSA) is 58.2 Å². The Kier molecular flexibility index (Phi) is 4.78. The molecule has 2 aromatic rings. The average molecular weight is 351 g/mol. The molecular weight excluding hydrogens is 326 g/mol. The Morgan fingerprint density at radius 3 is 2.65 bits per heavy atom. The van der Waals surface area contributed by atoms with Crippen molar-refractivity contribution in [1.82, 2.24) is 14.9 Å². The number of amides is 1. The summed E-state index contributed by atoms with van der Waals surface area (Å²) in [6.45, 7) is 8.45. The second kappa shape index (κ2) is 6.87. The molecule has 0 aliphatic carbocycles. The van der Waals surface area contributed by atoms with E-state index in [-0.39, 0.29) is 12.1 Å². The zero-order valence-electron chi connectivity index (χ0n) is 15.7. The lowest BCUT2D eigenvalue weighted by atomic mass is 10.1. The Balaban J connectivity index is 1.82. The van der Waals surface area contributed by atoms with Crippen LogP contribution in [0.1, 0.15) is 51.5 Å². The molecule has 5 heteroatoms. The van der Waals surface area contributed by atoms with Crippen LogP contribution in [0, 0.1) is 18.3 Å². The number of carbonyl (C=O) groups is 1. The lowest BCUT2D eigenvalue weighted by molar-refractivity contribution is 0.0214. The number of H-pyrrole nitrogens is 1. The van der Waals surface area contributed by atoms with Crippen molar-refractivity contribution in [2.45, 2.75) is 45.8 Å². The van der Waals surface area contributed by atoms with Crippen LogP contribution < -0.4 is 0 Å². The quantitative estimate of drug-likeness (QED) is 0.817. The van der Waals surface area contributed by atoms with E-state index in [1.54, 1.807) is 11.1 Å². The van der Waals surface area contributed by atoms with E-state index in [9.17, 15) is 4.79 Å². The number of benzene rings is 1. The lowest BCUT2D eigenvalue weighted by Crippen LogP contribution is -2.37. The molecule has 136 valence electrons. The summed E-state index contributed by atoms with van der Waals surface area (Å²) >= 11 is 0. The van der Waals surface area contributed by atoms with Crippen molar-refractivity contribution in [3.8, 4) is 23.6 Å². The maximum absolute atomic E-state index is 12.6. The van der Waals surface area contributed by atoms with Gasteiger partial charge in [-0.3, -0.25) is 4.90 Å². The van der Waals surface area contributed by atoms with E-state index in [1.165, 1.54) is 0 Å². The monoisotopic (exact) mass is 351 g/mol. The number of likely N-dealkylation sites (tertiary alicyclic amines) is 1. The van der Waals surface area contributed by atoms with E-state index in [2.05, 4.69) is 22.8 Å². The highest BCUT2D eigenvalue weighted by Crippen LogP contribution is 2.35. The summed E-state index contributed by atoms with van der Waals surface area (Å²) in [5, 5.41) is 0. The van der Waals surface area contributed by atoms with Gasteiger partial charge in [0.1, 0.15) is 11.4 Å². The van der Waals surface area contributed by atoms with Gasteiger partial charge in [-0.15, -0.1) is 6.42 Å². The van der Waals surface area contributed by atoms with Gasteiger partial charge in [0.25, 0.3) is 0 Å². The highest BCUT2D eigenvalue weighted by atomic mass is 16.6. The molecule has 1 N–H and O–H groups in total. The zero-order valence-corrected chi connectivity index (χ0v) is 15.7. The van der Waals surface area contributed by atoms with Crippen molar-refractivity contribution in [3.63, 3.8) is 0 Å². The van der Waals surface area contributed by atoms with Crippen molar-refractivity contribution >= 4 is 6.09 Å².